The zero-order chi connectivity index (χ0) is 15.4. The highest BCUT2D eigenvalue weighted by atomic mass is 35.5. The van der Waals surface area contributed by atoms with Gasteiger partial charge in [0.2, 0.25) is 5.76 Å². The predicted octanol–water partition coefficient (Wildman–Crippen LogP) is 2.31. The van der Waals surface area contributed by atoms with Crippen molar-refractivity contribution < 1.29 is 14.3 Å². The molecule has 0 saturated carbocycles. The molecule has 0 aromatic heterocycles. The van der Waals surface area contributed by atoms with Crippen LogP contribution in [-0.2, 0) is 14.3 Å². The molecule has 6 heteroatoms. The molecule has 1 aromatic carbocycles. The lowest BCUT2D eigenvalue weighted by Crippen LogP contribution is -2.48. The molecule has 0 aliphatic carbocycles. The summed E-state index contributed by atoms with van der Waals surface area (Å²) < 4.78 is 10.4. The van der Waals surface area contributed by atoms with Gasteiger partial charge >= 0.3 is 0 Å². The van der Waals surface area contributed by atoms with Crippen molar-refractivity contribution in [1.29, 1.82) is 0 Å². The number of nitrogens with zero attached hydrogens (tertiary/aromatic N) is 1. The molecular weight excluding hydrogens is 304 g/mol. The molecule has 1 amide bonds. The number of anilines is 1. The van der Waals surface area contributed by atoms with Crippen LogP contribution in [0.3, 0.4) is 0 Å². The monoisotopic (exact) mass is 322 g/mol. The largest absolute Gasteiger partial charge is 0.494 e. The first-order valence-corrected chi connectivity index (χ1v) is 7.87. The number of nitrogens with one attached hydrogen (secondary N) is 1. The molecular formula is C16H19ClN2O3. The maximum Gasteiger partial charge on any atom is 0.289 e. The fourth-order valence-corrected chi connectivity index (χ4v) is 3.02. The van der Waals surface area contributed by atoms with E-state index in [0.717, 1.165) is 36.6 Å². The first-order chi connectivity index (χ1) is 10.7. The zero-order valence-corrected chi connectivity index (χ0v) is 13.0. The van der Waals surface area contributed by atoms with Crippen LogP contribution < -0.4 is 10.2 Å². The highest BCUT2D eigenvalue weighted by Gasteiger charge is 2.25. The predicted molar refractivity (Wildman–Crippen MR) is 84.8 cm³/mol. The summed E-state index contributed by atoms with van der Waals surface area (Å²) in [5.41, 5.74) is 1.01. The lowest BCUT2D eigenvalue weighted by Gasteiger charge is -2.35. The first kappa shape index (κ1) is 15.0. The van der Waals surface area contributed by atoms with Crippen LogP contribution in [0.4, 0.5) is 5.69 Å². The number of para-hydroxylation sites is 1. The third-order valence-electron chi connectivity index (χ3n) is 3.82. The molecule has 5 nitrogen and oxygen atoms in total. The average Bonchev–Trinajstić information content (AvgIpc) is 2.56. The summed E-state index contributed by atoms with van der Waals surface area (Å²) >= 11 is 6.26. The van der Waals surface area contributed by atoms with Gasteiger partial charge in [0.05, 0.1) is 10.7 Å². The van der Waals surface area contributed by atoms with E-state index >= 15 is 0 Å². The van der Waals surface area contributed by atoms with E-state index in [1.54, 1.807) is 0 Å². The number of hydrogen-bond acceptors (Lipinski definition) is 4. The smallest absolute Gasteiger partial charge is 0.289 e. The van der Waals surface area contributed by atoms with Gasteiger partial charge in [0.1, 0.15) is 19.5 Å². The van der Waals surface area contributed by atoms with Crippen molar-refractivity contribution in [2.75, 3.05) is 31.2 Å². The molecule has 1 saturated heterocycles. The first-order valence-electron chi connectivity index (χ1n) is 7.49. The minimum absolute atomic E-state index is 0.0731. The van der Waals surface area contributed by atoms with Gasteiger partial charge in [-0.15, -0.1) is 0 Å². The van der Waals surface area contributed by atoms with E-state index < -0.39 is 0 Å². The molecule has 1 N–H and O–H groups in total. The highest BCUT2D eigenvalue weighted by molar-refractivity contribution is 6.33. The van der Waals surface area contributed by atoms with Gasteiger partial charge in [0.15, 0.2) is 0 Å². The van der Waals surface area contributed by atoms with E-state index in [9.17, 15) is 4.79 Å². The van der Waals surface area contributed by atoms with Crippen molar-refractivity contribution in [3.63, 3.8) is 0 Å². The van der Waals surface area contributed by atoms with E-state index in [4.69, 9.17) is 21.1 Å². The minimum Gasteiger partial charge on any atom is -0.494 e. The Hall–Kier alpha value is -1.88. The van der Waals surface area contributed by atoms with E-state index in [1.807, 2.05) is 24.3 Å². The van der Waals surface area contributed by atoms with Crippen molar-refractivity contribution in [2.45, 2.75) is 18.9 Å². The molecule has 1 aromatic rings. The Labute approximate surface area is 134 Å². The van der Waals surface area contributed by atoms with Crippen LogP contribution in [0, 0.1) is 0 Å². The van der Waals surface area contributed by atoms with Crippen molar-refractivity contribution in [2.24, 2.45) is 0 Å². The number of carbonyl (C=O) groups excluding carboxylic acids is 1. The molecule has 0 radical (unpaired) electrons. The number of hydrogen-bond donors (Lipinski definition) is 1. The second kappa shape index (κ2) is 6.92. The van der Waals surface area contributed by atoms with Gasteiger partial charge in [-0.05, 0) is 25.0 Å². The van der Waals surface area contributed by atoms with Crippen LogP contribution in [0.15, 0.2) is 36.3 Å². The summed E-state index contributed by atoms with van der Waals surface area (Å²) in [6.45, 7) is 2.58. The molecule has 2 aliphatic heterocycles. The van der Waals surface area contributed by atoms with Crippen molar-refractivity contribution in [1.82, 2.24) is 5.32 Å². The fraction of sp³-hybridized carbons (Fsp3) is 0.438. The summed E-state index contributed by atoms with van der Waals surface area (Å²) in [4.78, 5) is 14.4. The van der Waals surface area contributed by atoms with Crippen LogP contribution in [0.25, 0.3) is 0 Å². The number of rotatable bonds is 3. The summed E-state index contributed by atoms with van der Waals surface area (Å²) in [7, 11) is 0. The Kier molecular flexibility index (Phi) is 4.73. The van der Waals surface area contributed by atoms with Crippen LogP contribution in [0.5, 0.6) is 0 Å². The van der Waals surface area contributed by atoms with E-state index in [1.165, 1.54) is 6.26 Å². The highest BCUT2D eigenvalue weighted by Crippen LogP contribution is 2.27. The molecule has 1 fully saturated rings. The molecule has 0 bridgehead atoms. The van der Waals surface area contributed by atoms with Crippen molar-refractivity contribution in [3.05, 3.63) is 41.3 Å². The Morgan fingerprint density at radius 2 is 2.18 bits per heavy atom. The average molecular weight is 323 g/mol. The summed E-state index contributed by atoms with van der Waals surface area (Å²) in [6.07, 6.45) is 3.33. The summed E-state index contributed by atoms with van der Waals surface area (Å²) in [5, 5.41) is 3.75. The number of ether oxygens (including phenoxy) is 2. The van der Waals surface area contributed by atoms with E-state index in [0.29, 0.717) is 13.2 Å². The minimum atomic E-state index is -0.217. The summed E-state index contributed by atoms with van der Waals surface area (Å²) in [6, 6.07) is 7.86. The molecule has 1 atom stereocenters. The second-order valence-corrected chi connectivity index (χ2v) is 5.82. The third-order valence-corrected chi connectivity index (χ3v) is 4.14. The zero-order valence-electron chi connectivity index (χ0n) is 12.3. The Balaban J connectivity index is 1.62. The number of benzene rings is 1. The molecule has 118 valence electrons. The van der Waals surface area contributed by atoms with Gasteiger partial charge in [-0.2, -0.15) is 0 Å². The molecule has 3 rings (SSSR count). The van der Waals surface area contributed by atoms with Crippen LogP contribution in [-0.4, -0.2) is 38.3 Å². The van der Waals surface area contributed by atoms with Gasteiger partial charge in [-0.25, -0.2) is 0 Å². The third kappa shape index (κ3) is 3.47. The van der Waals surface area contributed by atoms with E-state index in [-0.39, 0.29) is 17.7 Å². The van der Waals surface area contributed by atoms with Gasteiger partial charge in [-0.1, -0.05) is 23.7 Å². The molecule has 2 aliphatic rings. The number of halogens is 1. The normalized spacial score (nSPS) is 21.4. The Morgan fingerprint density at radius 1 is 1.32 bits per heavy atom. The van der Waals surface area contributed by atoms with Gasteiger partial charge in [-0.3, -0.25) is 4.79 Å². The van der Waals surface area contributed by atoms with Crippen LogP contribution in [0.2, 0.25) is 5.02 Å². The second-order valence-electron chi connectivity index (χ2n) is 5.41. The van der Waals surface area contributed by atoms with Gasteiger partial charge in [0.25, 0.3) is 5.91 Å². The lowest BCUT2D eigenvalue weighted by atomic mass is 10.0. The fourth-order valence-electron chi connectivity index (χ4n) is 2.77. The lowest BCUT2D eigenvalue weighted by molar-refractivity contribution is -0.123. The molecule has 2 heterocycles. The standard InChI is InChI=1S/C16H19ClN2O3/c17-13-5-1-2-6-14(13)19-7-3-4-12(10-19)18-16(20)15-11-21-8-9-22-15/h1-2,5-6,11-12H,3-4,7-10H2,(H,18,20)/t12-/m1/s1. The SMILES string of the molecule is O=C(N[C@@H]1CCCN(c2ccccc2Cl)C1)C1=COCCO1. The van der Waals surface area contributed by atoms with Crippen LogP contribution >= 0.6 is 11.6 Å². The molecule has 22 heavy (non-hydrogen) atoms. The quantitative estimate of drug-likeness (QED) is 0.928. The Morgan fingerprint density at radius 3 is 2.95 bits per heavy atom. The maximum absolute atomic E-state index is 12.1. The maximum atomic E-state index is 12.1. The van der Waals surface area contributed by atoms with Crippen LogP contribution in [0.1, 0.15) is 12.8 Å². The van der Waals surface area contributed by atoms with Crippen molar-refractivity contribution in [3.8, 4) is 0 Å². The number of amides is 1. The summed E-state index contributed by atoms with van der Waals surface area (Å²) in [5.74, 6) is 0.0341. The molecule has 0 unspecified atom stereocenters. The van der Waals surface area contributed by atoms with Crippen molar-refractivity contribution >= 4 is 23.2 Å². The van der Waals surface area contributed by atoms with E-state index in [2.05, 4.69) is 10.2 Å². The topological polar surface area (TPSA) is 50.8 Å². The van der Waals surface area contributed by atoms with Gasteiger partial charge < -0.3 is 19.7 Å². The van der Waals surface area contributed by atoms with Gasteiger partial charge in [0, 0.05) is 19.1 Å². The molecule has 0 spiro atoms. The number of piperidine rings is 1. The Bertz CT molecular complexity index is 576. The number of carbonyl (C=O) groups is 1.